The molecule has 1 aromatic carbocycles. The van der Waals surface area contributed by atoms with Crippen molar-refractivity contribution in [3.05, 3.63) is 23.8 Å². The molecule has 0 unspecified atom stereocenters. The molecule has 0 saturated carbocycles. The highest BCUT2D eigenvalue weighted by Gasteiger charge is 2.50. The third-order valence-electron chi connectivity index (χ3n) is 4.92. The molecule has 0 bridgehead atoms. The van der Waals surface area contributed by atoms with Crippen LogP contribution in [0.4, 0.5) is 0 Å². The number of nitrogens with one attached hydrogen (secondary N) is 2. The lowest BCUT2D eigenvalue weighted by Gasteiger charge is -2.25. The van der Waals surface area contributed by atoms with E-state index in [1.165, 1.54) is 26.4 Å². The molecule has 1 aromatic rings. The van der Waals surface area contributed by atoms with Crippen molar-refractivity contribution in [1.29, 1.82) is 0 Å². The van der Waals surface area contributed by atoms with Crippen LogP contribution in [0.3, 0.4) is 0 Å². The van der Waals surface area contributed by atoms with E-state index in [9.17, 15) is 24.3 Å². The predicted molar refractivity (Wildman–Crippen MR) is 117 cm³/mol. The molecule has 1 heterocycles. The van der Waals surface area contributed by atoms with E-state index >= 15 is 0 Å². The lowest BCUT2D eigenvalue weighted by Crippen LogP contribution is -2.55. The molecule has 182 valence electrons. The number of methoxy groups -OCH3 is 2. The van der Waals surface area contributed by atoms with Crippen LogP contribution in [0, 0.1) is 0 Å². The Hall–Kier alpha value is -3.03. The number of ether oxygens (including phenoxy) is 3. The molecule has 33 heavy (non-hydrogen) atoms. The van der Waals surface area contributed by atoms with Gasteiger partial charge in [0.15, 0.2) is 6.04 Å². The molecule has 1 saturated heterocycles. The number of amides is 1. The van der Waals surface area contributed by atoms with Crippen LogP contribution in [-0.2, 0) is 19.1 Å². The topological polar surface area (TPSA) is 187 Å². The van der Waals surface area contributed by atoms with Crippen LogP contribution in [0.2, 0.25) is 0 Å². The van der Waals surface area contributed by atoms with E-state index in [1.807, 2.05) is 0 Å². The minimum absolute atomic E-state index is 0.0135. The molecular weight excluding hydrogens is 458 g/mol. The van der Waals surface area contributed by atoms with Gasteiger partial charge in [0.1, 0.15) is 35.8 Å². The number of carbonyl (C=O) groups excluding carboxylic acids is 2. The lowest BCUT2D eigenvalue weighted by molar-refractivity contribution is -0.150. The molecule has 1 aliphatic heterocycles. The number of carbonyl (C=O) groups is 4. The number of esters is 1. The van der Waals surface area contributed by atoms with Gasteiger partial charge in [0.2, 0.25) is 0 Å². The highest BCUT2D eigenvalue weighted by molar-refractivity contribution is 8.01. The van der Waals surface area contributed by atoms with Gasteiger partial charge in [-0.2, -0.15) is 0 Å². The molecule has 0 aromatic heterocycles. The molecule has 12 nitrogen and oxygen atoms in total. The van der Waals surface area contributed by atoms with E-state index in [0.717, 1.165) is 11.8 Å². The van der Waals surface area contributed by atoms with Crippen molar-refractivity contribution in [1.82, 2.24) is 10.6 Å². The monoisotopic (exact) mass is 485 g/mol. The van der Waals surface area contributed by atoms with E-state index in [0.29, 0.717) is 0 Å². The van der Waals surface area contributed by atoms with Gasteiger partial charge in [-0.25, -0.2) is 4.79 Å². The Kier molecular flexibility index (Phi) is 8.52. The summed E-state index contributed by atoms with van der Waals surface area (Å²) in [5, 5.41) is 22.9. The highest BCUT2D eigenvalue weighted by Crippen LogP contribution is 2.39. The zero-order chi connectivity index (χ0) is 24.9. The van der Waals surface area contributed by atoms with Crippen LogP contribution in [0.1, 0.15) is 24.2 Å². The second kappa shape index (κ2) is 10.7. The summed E-state index contributed by atoms with van der Waals surface area (Å²) < 4.78 is 14.6. The van der Waals surface area contributed by atoms with Gasteiger partial charge >= 0.3 is 17.9 Å². The zero-order valence-corrected chi connectivity index (χ0v) is 19.3. The first-order valence-electron chi connectivity index (χ1n) is 9.76. The Bertz CT molecular complexity index is 902. The maximum absolute atomic E-state index is 13.1. The zero-order valence-electron chi connectivity index (χ0n) is 18.5. The van der Waals surface area contributed by atoms with E-state index < -0.39 is 58.7 Å². The largest absolute Gasteiger partial charge is 0.496 e. The summed E-state index contributed by atoms with van der Waals surface area (Å²) in [6, 6.07) is 0.795. The average Bonchev–Trinajstić information content (AvgIpc) is 3.09. The standard InChI is InChI=1S/C20H27N3O9S/c1-20(2)14(18(27)28)23-16(33-20)13(19(29)32-8-9(21)17(25)26)22-15(24)12-10(30-3)6-5-7-11(12)31-4/h5-7,9,13-14,16,23H,8,21H2,1-4H3,(H,22,24)(H,25,26)(H,27,28)/t9-,13-,14-,16+/m0/s1. The Balaban J connectivity index is 2.36. The maximum atomic E-state index is 13.1. The fourth-order valence-electron chi connectivity index (χ4n) is 3.21. The van der Waals surface area contributed by atoms with Crippen LogP contribution < -0.4 is 25.8 Å². The quantitative estimate of drug-likeness (QED) is 0.272. The first-order valence-corrected chi connectivity index (χ1v) is 10.6. The maximum Gasteiger partial charge on any atom is 0.331 e. The molecule has 1 aliphatic rings. The number of carboxylic acids is 2. The number of hydrogen-bond acceptors (Lipinski definition) is 10. The number of thioether (sulfide) groups is 1. The number of nitrogens with two attached hydrogens (primary N) is 1. The fraction of sp³-hybridized carbons (Fsp3) is 0.500. The van der Waals surface area contributed by atoms with Crippen molar-refractivity contribution in [3.63, 3.8) is 0 Å². The number of aliphatic carboxylic acids is 2. The van der Waals surface area contributed by atoms with Gasteiger partial charge in [0.05, 0.1) is 19.6 Å². The highest BCUT2D eigenvalue weighted by atomic mass is 32.2. The van der Waals surface area contributed by atoms with E-state index in [2.05, 4.69) is 10.6 Å². The van der Waals surface area contributed by atoms with Gasteiger partial charge < -0.3 is 35.5 Å². The lowest BCUT2D eigenvalue weighted by atomic mass is 10.0. The molecule has 1 fully saturated rings. The predicted octanol–water partition coefficient (Wildman–Crippen LogP) is -0.348. The number of benzene rings is 1. The Morgan fingerprint density at radius 3 is 2.21 bits per heavy atom. The smallest absolute Gasteiger partial charge is 0.331 e. The van der Waals surface area contributed by atoms with Gasteiger partial charge in [0, 0.05) is 4.75 Å². The molecule has 1 amide bonds. The fourth-order valence-corrected chi connectivity index (χ4v) is 4.69. The van der Waals surface area contributed by atoms with Crippen molar-refractivity contribution >= 4 is 35.6 Å². The van der Waals surface area contributed by atoms with Crippen LogP contribution in [0.25, 0.3) is 0 Å². The molecular formula is C20H27N3O9S. The van der Waals surface area contributed by atoms with Gasteiger partial charge in [0.25, 0.3) is 5.91 Å². The summed E-state index contributed by atoms with van der Waals surface area (Å²) in [5.74, 6) is -3.87. The summed E-state index contributed by atoms with van der Waals surface area (Å²) in [6.07, 6.45) is 0. The summed E-state index contributed by atoms with van der Waals surface area (Å²) in [6.45, 7) is 2.72. The van der Waals surface area contributed by atoms with Gasteiger partial charge in [-0.1, -0.05) is 6.07 Å². The normalized spacial score (nSPS) is 20.9. The Labute approximate surface area is 194 Å². The van der Waals surface area contributed by atoms with Gasteiger partial charge in [-0.3, -0.25) is 19.7 Å². The number of carboxylic acid groups (broad SMARTS) is 2. The van der Waals surface area contributed by atoms with Crippen molar-refractivity contribution in [2.45, 2.75) is 42.1 Å². The minimum Gasteiger partial charge on any atom is -0.496 e. The molecule has 0 aliphatic carbocycles. The van der Waals surface area contributed by atoms with Gasteiger partial charge in [-0.15, -0.1) is 11.8 Å². The number of hydrogen-bond donors (Lipinski definition) is 5. The summed E-state index contributed by atoms with van der Waals surface area (Å²) in [7, 11) is 2.72. The van der Waals surface area contributed by atoms with Gasteiger partial charge in [-0.05, 0) is 26.0 Å². The molecule has 6 N–H and O–H groups in total. The second-order valence-electron chi connectivity index (χ2n) is 7.64. The SMILES string of the molecule is COc1cccc(OC)c1C(=O)N[C@H](C(=O)OC[C@H](N)C(=O)O)[C@@H]1N[C@@H](C(=O)O)C(C)(C)S1. The Morgan fingerprint density at radius 2 is 1.76 bits per heavy atom. The number of rotatable bonds is 10. The van der Waals surface area contributed by atoms with Crippen molar-refractivity contribution < 1.29 is 43.6 Å². The van der Waals surface area contributed by atoms with Crippen molar-refractivity contribution in [2.24, 2.45) is 5.73 Å². The molecule has 2 rings (SSSR count). The molecule has 0 spiro atoms. The van der Waals surface area contributed by atoms with E-state index in [-0.39, 0.29) is 17.1 Å². The Morgan fingerprint density at radius 1 is 1.18 bits per heavy atom. The first kappa shape index (κ1) is 26.2. The van der Waals surface area contributed by atoms with Crippen molar-refractivity contribution in [3.8, 4) is 11.5 Å². The third kappa shape index (κ3) is 6.06. The summed E-state index contributed by atoms with van der Waals surface area (Å²) >= 11 is 1.12. The van der Waals surface area contributed by atoms with Crippen LogP contribution in [-0.4, -0.2) is 83.1 Å². The van der Waals surface area contributed by atoms with Crippen LogP contribution >= 0.6 is 11.8 Å². The third-order valence-corrected chi connectivity index (χ3v) is 6.43. The molecule has 0 radical (unpaired) electrons. The van der Waals surface area contributed by atoms with Crippen LogP contribution in [0.15, 0.2) is 18.2 Å². The molecule has 13 heteroatoms. The first-order chi connectivity index (χ1) is 15.4. The van der Waals surface area contributed by atoms with E-state index in [1.54, 1.807) is 19.9 Å². The summed E-state index contributed by atoms with van der Waals surface area (Å²) in [5.41, 5.74) is 5.41. The summed E-state index contributed by atoms with van der Waals surface area (Å²) in [4.78, 5) is 48.6. The average molecular weight is 486 g/mol. The van der Waals surface area contributed by atoms with Crippen molar-refractivity contribution in [2.75, 3.05) is 20.8 Å². The second-order valence-corrected chi connectivity index (χ2v) is 9.44. The van der Waals surface area contributed by atoms with Crippen LogP contribution in [0.5, 0.6) is 11.5 Å². The minimum atomic E-state index is -1.47. The van der Waals surface area contributed by atoms with E-state index in [4.69, 9.17) is 25.1 Å². The molecule has 4 atom stereocenters.